The maximum Gasteiger partial charge on any atom is 0.304 e. The van der Waals surface area contributed by atoms with Crippen LogP contribution in [0.4, 0.5) is 0 Å². The third kappa shape index (κ3) is 48.7. The topological polar surface area (TPSA) is 613 Å². The molecule has 0 spiro atoms. The molecule has 24 N–H and O–H groups in total. The minimum Gasteiger partial charge on any atom is -0.508 e. The van der Waals surface area contributed by atoms with Gasteiger partial charge in [0.05, 0.1) is 80.7 Å². The van der Waals surface area contributed by atoms with Crippen LogP contribution in [0.5, 0.6) is 5.75 Å². The van der Waals surface area contributed by atoms with E-state index in [2.05, 4.69) is 48.8 Å². The van der Waals surface area contributed by atoms with Gasteiger partial charge in [0.25, 0.3) is 0 Å². The summed E-state index contributed by atoms with van der Waals surface area (Å²) < 4.78 is 0. The number of benzene rings is 1. The number of aromatic hydroxyl groups is 1. The summed E-state index contributed by atoms with van der Waals surface area (Å²) in [6.45, 7) is 8.52. The molecule has 0 radical (unpaired) electrons. The monoisotopic (exact) mass is 1600 g/mol. The number of ketones is 6. The number of unbranched alkanes of at least 4 members (excludes halogenated alkanes) is 13. The van der Waals surface area contributed by atoms with Gasteiger partial charge in [0.2, 0.25) is 41.4 Å². The number of phenols is 1. The van der Waals surface area contributed by atoms with Crippen LogP contribution in [-0.2, 0) is 73.5 Å². The van der Waals surface area contributed by atoms with E-state index in [0.29, 0.717) is 32.2 Å². The third-order valence-corrected chi connectivity index (χ3v) is 19.3. The van der Waals surface area contributed by atoms with Crippen LogP contribution in [0.3, 0.4) is 0 Å². The molecule has 1 rings (SSSR count). The maximum atomic E-state index is 14.3. The number of rotatable bonds is 65. The van der Waals surface area contributed by atoms with Gasteiger partial charge < -0.3 is 96.9 Å². The molecule has 0 heterocycles. The Morgan fingerprint density at radius 3 is 1.39 bits per heavy atom. The normalized spacial score (nSPS) is 14.3. The van der Waals surface area contributed by atoms with Gasteiger partial charge in [0.15, 0.2) is 40.8 Å². The van der Waals surface area contributed by atoms with Crippen LogP contribution in [0.25, 0.3) is 0 Å². The van der Waals surface area contributed by atoms with Crippen LogP contribution >= 0.6 is 0 Å². The van der Waals surface area contributed by atoms with Crippen LogP contribution in [-0.4, -0.2) is 208 Å². The summed E-state index contributed by atoms with van der Waals surface area (Å²) in [5.74, 6) is -17.7. The highest BCUT2D eigenvalue weighted by atomic mass is 16.4. The number of aliphatic hydroxyl groups excluding tert-OH is 4. The number of nitrogens with zero attached hydrogens (tertiary/aromatic N) is 2. The number of carbonyl (C=O) groups is 14. The van der Waals surface area contributed by atoms with Crippen molar-refractivity contribution in [2.45, 2.75) is 265 Å². The van der Waals surface area contributed by atoms with Gasteiger partial charge in [-0.2, -0.15) is 0 Å². The third-order valence-electron chi connectivity index (χ3n) is 19.3. The molecule has 0 aliphatic heterocycles. The molecule has 0 saturated heterocycles. The average Bonchev–Trinajstić information content (AvgIpc) is 0.850. The Labute approximate surface area is 665 Å². The van der Waals surface area contributed by atoms with Gasteiger partial charge in [-0.15, -0.1) is 0 Å². The standard InChI is InChI=1S/C49H81N11O13.C30H55N3O7/c1-27(2)19-32(45(71)58-36(10-7-17-56-48(52)53)39(65)21-31(44(51)70)9-5-6-16-50)22-40(66)37(11-8-18-57-49(54)55)59-46(72)33(25-42(68)69)23-41(67)43(29(4)62)60-47(73)34(26-61)24-38(64)28(3)20-30-12-14-35(63)15-13-30;1-4-5-6-7-8-9-10-11-12-13-14-15-16-17-28(38)32-20-25(36)18-24(22-34)29(39)33-21-26(37)19-27(23(2)35)30(40)31-3/h12-15,27-29,31-34,36-37,43,61-63H,5-11,16-26,50H2,1-4H3,(H2,51,70)(H,58,71)(H,59,72)(H,60,73)(H,68,69)(H4,52,53,56)(H4,54,55,57);23-24,27,34-35H,4-22H2,1-3H3,(H,31,40)(H,32,38)(H,33,39)/t28-,29+,31+,32+,33-,34-,36-,37-,43-;23-,24+,27+/m01/s1. The lowest BCUT2D eigenvalue weighted by atomic mass is 9.87. The Bertz CT molecular complexity index is 3140. The fourth-order valence-corrected chi connectivity index (χ4v) is 12.6. The Morgan fingerprint density at radius 2 is 0.929 bits per heavy atom. The van der Waals surface area contributed by atoms with Crippen molar-refractivity contribution in [3.05, 3.63) is 29.8 Å². The molecule has 0 fully saturated rings. The van der Waals surface area contributed by atoms with Crippen LogP contribution in [0.1, 0.15) is 233 Å². The molecule has 0 aliphatic rings. The number of nitrogens with two attached hydrogens (primary N) is 6. The number of Topliss-reactive ketones (excluding diaryl/α,β-unsaturated/α-hetero) is 6. The number of nitrogens with one attached hydrogen (secondary N) is 6. The van der Waals surface area contributed by atoms with Crippen molar-refractivity contribution >= 4 is 93.9 Å². The summed E-state index contributed by atoms with van der Waals surface area (Å²) in [4.78, 5) is 189. The SMILES string of the molecule is CC(C)C[C@H](CC(=O)[C@H](CCCN=C(N)N)NC(=O)[C@H](CC(=O)O)CC(=O)[C@@H](NC(=O)[C@H](CO)CC(=O)[C@@H](C)Cc1ccc(O)cc1)[C@@H](C)O)C(=O)N[C@@H](CCCN=C(N)N)C(=O)C[C@@H](CCCCN)C(N)=O.CCCCCCCCCCCCCCCC(=O)NCC(=O)C[C@@H](CO)C(=O)NCC(=O)C[C@H](C(=O)NC)[C@@H](C)O. The maximum absolute atomic E-state index is 14.3. The van der Waals surface area contributed by atoms with Gasteiger partial charge in [0, 0.05) is 82.8 Å². The molecule has 12 atom stereocenters. The second-order valence-electron chi connectivity index (χ2n) is 29.9. The molecule has 642 valence electrons. The van der Waals surface area contributed by atoms with Crippen molar-refractivity contribution in [3.8, 4) is 5.75 Å². The van der Waals surface area contributed by atoms with E-state index in [9.17, 15) is 97.8 Å². The Kier molecular flexibility index (Phi) is 55.9. The minimum atomic E-state index is -1.72. The lowest BCUT2D eigenvalue weighted by Crippen LogP contribution is -2.52. The predicted octanol–water partition coefficient (Wildman–Crippen LogP) is 1.91. The largest absolute Gasteiger partial charge is 0.508 e. The first-order valence-corrected chi connectivity index (χ1v) is 39.9. The molecule has 34 nitrogen and oxygen atoms in total. The van der Waals surface area contributed by atoms with Crippen molar-refractivity contribution in [1.29, 1.82) is 0 Å². The number of phenolic OH excluding ortho intramolecular Hbond substituents is 1. The second-order valence-corrected chi connectivity index (χ2v) is 29.9. The van der Waals surface area contributed by atoms with Gasteiger partial charge in [-0.25, -0.2) is 0 Å². The van der Waals surface area contributed by atoms with E-state index in [1.807, 2.05) is 0 Å². The molecule has 0 aliphatic carbocycles. The number of amides is 7. The van der Waals surface area contributed by atoms with E-state index in [1.165, 1.54) is 90.3 Å². The number of hydrogen-bond acceptors (Lipinski definition) is 22. The molecular formula is C79H136N14O20. The Hall–Kier alpha value is -8.86. The molecule has 0 aromatic heterocycles. The van der Waals surface area contributed by atoms with Crippen LogP contribution < -0.4 is 66.3 Å². The van der Waals surface area contributed by atoms with Gasteiger partial charge in [0.1, 0.15) is 17.6 Å². The summed E-state index contributed by atoms with van der Waals surface area (Å²) in [5, 5.41) is 74.3. The summed E-state index contributed by atoms with van der Waals surface area (Å²) >= 11 is 0. The Balaban J connectivity index is 0.00000264. The predicted molar refractivity (Wildman–Crippen MR) is 427 cm³/mol. The van der Waals surface area contributed by atoms with Gasteiger partial charge in [-0.1, -0.05) is 123 Å². The first kappa shape index (κ1) is 104. The van der Waals surface area contributed by atoms with E-state index in [4.69, 9.17) is 34.4 Å². The van der Waals surface area contributed by atoms with Crippen LogP contribution in [0.2, 0.25) is 0 Å². The first-order chi connectivity index (χ1) is 53.4. The number of primary amides is 1. The molecule has 0 bridgehead atoms. The number of aliphatic carboxylic acids is 1. The van der Waals surface area contributed by atoms with Crippen molar-refractivity contribution in [3.63, 3.8) is 0 Å². The molecule has 1 aromatic carbocycles. The fraction of sp³-hybridized carbons (Fsp3) is 0.722. The molecule has 34 heteroatoms. The van der Waals surface area contributed by atoms with Crippen molar-refractivity contribution < 1.29 is 97.8 Å². The van der Waals surface area contributed by atoms with E-state index < -0.39 is 187 Å². The van der Waals surface area contributed by atoms with Crippen LogP contribution in [0, 0.1) is 47.3 Å². The lowest BCUT2D eigenvalue weighted by Gasteiger charge is -2.27. The molecule has 0 unspecified atom stereocenters. The van der Waals surface area contributed by atoms with Gasteiger partial charge in [-0.3, -0.25) is 77.1 Å². The molecule has 1 aromatic rings. The molecule has 113 heavy (non-hydrogen) atoms. The second kappa shape index (κ2) is 60.7. The number of guanidine groups is 2. The highest BCUT2D eigenvalue weighted by Crippen LogP contribution is 2.24. The fourth-order valence-electron chi connectivity index (χ4n) is 12.6. The van der Waals surface area contributed by atoms with Crippen LogP contribution in [0.15, 0.2) is 34.3 Å². The highest BCUT2D eigenvalue weighted by molar-refractivity contribution is 5.99. The highest BCUT2D eigenvalue weighted by Gasteiger charge is 2.37. The van der Waals surface area contributed by atoms with Crippen molar-refractivity contribution in [2.24, 2.45) is 91.7 Å². The average molecular weight is 1600 g/mol. The molecule has 7 amide bonds. The number of carboxylic acid groups (broad SMARTS) is 1. The molecule has 0 saturated carbocycles. The number of hydrogen-bond donors (Lipinski definition) is 18. The molecular weight excluding hydrogens is 1460 g/mol. The Morgan fingerprint density at radius 1 is 0.469 bits per heavy atom. The summed E-state index contributed by atoms with van der Waals surface area (Å²) in [5.41, 5.74) is 33.9. The zero-order valence-electron chi connectivity index (χ0n) is 67.7. The number of carboxylic acids is 1. The van der Waals surface area contributed by atoms with E-state index in [-0.39, 0.29) is 113 Å². The quantitative estimate of drug-likeness (QED) is 0.0252. The summed E-state index contributed by atoms with van der Waals surface area (Å²) in [6, 6.07) is 1.94. The zero-order valence-corrected chi connectivity index (χ0v) is 67.7. The lowest BCUT2D eigenvalue weighted by molar-refractivity contribution is -0.143. The summed E-state index contributed by atoms with van der Waals surface area (Å²) in [6.07, 6.45) is 12.2. The van der Waals surface area contributed by atoms with Crippen molar-refractivity contribution in [1.82, 2.24) is 31.9 Å². The number of aliphatic hydroxyl groups is 4. The number of aliphatic imine (C=N–C) groups is 2. The van der Waals surface area contributed by atoms with Crippen molar-refractivity contribution in [2.75, 3.05) is 53.0 Å². The van der Waals surface area contributed by atoms with Gasteiger partial charge in [-0.05, 0) is 102 Å². The number of carbonyl (C=O) groups excluding carboxylic acids is 13. The first-order valence-electron chi connectivity index (χ1n) is 39.9. The minimum absolute atomic E-state index is 0.00458. The van der Waals surface area contributed by atoms with E-state index in [1.54, 1.807) is 32.9 Å². The summed E-state index contributed by atoms with van der Waals surface area (Å²) in [7, 11) is 1.40. The van der Waals surface area contributed by atoms with E-state index >= 15 is 0 Å². The van der Waals surface area contributed by atoms with E-state index in [0.717, 1.165) is 31.7 Å². The zero-order chi connectivity index (χ0) is 85.5. The van der Waals surface area contributed by atoms with Gasteiger partial charge >= 0.3 is 5.97 Å². The smallest absolute Gasteiger partial charge is 0.304 e.